The number of rotatable bonds is 10. The predicted octanol–water partition coefficient (Wildman–Crippen LogP) is 3.08. The molecule has 0 fully saturated rings. The van der Waals surface area contributed by atoms with Crippen molar-refractivity contribution < 1.29 is 4.79 Å². The van der Waals surface area contributed by atoms with Crippen LogP contribution in [-0.4, -0.2) is 34.6 Å². The minimum absolute atomic E-state index is 0.195. The number of aromatic nitrogens is 1. The largest absolute Gasteiger partial charge is 0.338 e. The molecule has 0 atom stereocenters. The first-order valence-corrected chi connectivity index (χ1v) is 9.44. The molecule has 1 aromatic heterocycles. The molecule has 2 N–H and O–H groups in total. The molecule has 5 heteroatoms. The average Bonchev–Trinajstić information content (AvgIpc) is 2.64. The molecule has 0 saturated heterocycles. The zero-order chi connectivity index (χ0) is 17.0. The van der Waals surface area contributed by atoms with E-state index in [9.17, 15) is 4.79 Å². The molecular formula is C19H25N3OS. The van der Waals surface area contributed by atoms with Gasteiger partial charge in [-0.2, -0.15) is 11.8 Å². The summed E-state index contributed by atoms with van der Waals surface area (Å²) in [6, 6.07) is 16.0. The highest BCUT2D eigenvalue weighted by Crippen LogP contribution is 2.13. The minimum Gasteiger partial charge on any atom is -0.338 e. The Kier molecular flexibility index (Phi) is 8.35. The van der Waals surface area contributed by atoms with Gasteiger partial charge in [0.25, 0.3) is 0 Å². The van der Waals surface area contributed by atoms with Crippen LogP contribution in [0.25, 0.3) is 0 Å². The van der Waals surface area contributed by atoms with Gasteiger partial charge in [-0.15, -0.1) is 0 Å². The van der Waals surface area contributed by atoms with Crippen molar-refractivity contribution in [3.05, 3.63) is 66.0 Å². The Morgan fingerprint density at radius 1 is 1.12 bits per heavy atom. The van der Waals surface area contributed by atoms with Crippen LogP contribution >= 0.6 is 11.8 Å². The maximum Gasteiger partial charge on any atom is 0.223 e. The molecular weight excluding hydrogens is 318 g/mol. The van der Waals surface area contributed by atoms with Gasteiger partial charge < -0.3 is 10.6 Å². The first-order chi connectivity index (χ1) is 11.8. The molecule has 1 aromatic carbocycles. The molecule has 0 spiro atoms. The van der Waals surface area contributed by atoms with Crippen LogP contribution in [0.3, 0.4) is 0 Å². The zero-order valence-corrected chi connectivity index (χ0v) is 14.8. The lowest BCUT2D eigenvalue weighted by Gasteiger charge is -2.22. The normalized spacial score (nSPS) is 10.5. The highest BCUT2D eigenvalue weighted by molar-refractivity contribution is 7.98. The standard InChI is InChI=1S/C19H25N3OS/c20-11-6-13-22(15-17-7-2-1-3-8-17)19(23)10-14-24-16-18-9-4-5-12-21-18/h1-5,7-9,12H,6,10-11,13-16,20H2. The minimum atomic E-state index is 0.195. The van der Waals surface area contributed by atoms with E-state index in [0.717, 1.165) is 35.7 Å². The number of carbonyl (C=O) groups excluding carboxylic acids is 1. The Hall–Kier alpha value is -1.85. The van der Waals surface area contributed by atoms with Crippen LogP contribution in [0.4, 0.5) is 0 Å². The van der Waals surface area contributed by atoms with Gasteiger partial charge in [0, 0.05) is 37.2 Å². The molecule has 0 aliphatic heterocycles. The van der Waals surface area contributed by atoms with Crippen LogP contribution < -0.4 is 5.73 Å². The number of hydrogen-bond acceptors (Lipinski definition) is 4. The van der Waals surface area contributed by atoms with E-state index < -0.39 is 0 Å². The van der Waals surface area contributed by atoms with Gasteiger partial charge >= 0.3 is 0 Å². The molecule has 2 aromatic rings. The summed E-state index contributed by atoms with van der Waals surface area (Å²) in [5.41, 5.74) is 7.82. The van der Waals surface area contributed by atoms with Crippen LogP contribution in [-0.2, 0) is 17.1 Å². The van der Waals surface area contributed by atoms with E-state index in [1.807, 2.05) is 41.3 Å². The Morgan fingerprint density at radius 3 is 2.62 bits per heavy atom. The maximum absolute atomic E-state index is 12.5. The van der Waals surface area contributed by atoms with Gasteiger partial charge in [0.05, 0.1) is 5.69 Å². The Labute approximate surface area is 148 Å². The summed E-state index contributed by atoms with van der Waals surface area (Å²) in [7, 11) is 0. The molecule has 0 saturated carbocycles. The fourth-order valence-electron chi connectivity index (χ4n) is 2.36. The molecule has 0 unspecified atom stereocenters. The molecule has 1 heterocycles. The number of carbonyl (C=O) groups is 1. The second-order valence-corrected chi connectivity index (χ2v) is 6.67. The predicted molar refractivity (Wildman–Crippen MR) is 101 cm³/mol. The number of nitrogens with zero attached hydrogens (tertiary/aromatic N) is 2. The molecule has 4 nitrogen and oxygen atoms in total. The topological polar surface area (TPSA) is 59.2 Å². The zero-order valence-electron chi connectivity index (χ0n) is 13.9. The van der Waals surface area contributed by atoms with Crippen molar-refractivity contribution in [3.63, 3.8) is 0 Å². The number of benzene rings is 1. The highest BCUT2D eigenvalue weighted by atomic mass is 32.2. The third-order valence-electron chi connectivity index (χ3n) is 3.64. The van der Waals surface area contributed by atoms with Crippen molar-refractivity contribution in [2.24, 2.45) is 5.73 Å². The molecule has 1 amide bonds. The molecule has 0 radical (unpaired) electrons. The average molecular weight is 343 g/mol. The van der Waals surface area contributed by atoms with Gasteiger partial charge in [0.2, 0.25) is 5.91 Å². The fraction of sp³-hybridized carbons (Fsp3) is 0.368. The van der Waals surface area contributed by atoms with Crippen LogP contribution in [0, 0.1) is 0 Å². The van der Waals surface area contributed by atoms with E-state index >= 15 is 0 Å². The molecule has 0 aliphatic rings. The quantitative estimate of drug-likeness (QED) is 0.674. The first-order valence-electron chi connectivity index (χ1n) is 8.29. The van der Waals surface area contributed by atoms with Crippen LogP contribution in [0.15, 0.2) is 54.7 Å². The lowest BCUT2D eigenvalue weighted by molar-refractivity contribution is -0.131. The summed E-state index contributed by atoms with van der Waals surface area (Å²) >= 11 is 1.75. The van der Waals surface area contributed by atoms with E-state index in [2.05, 4.69) is 17.1 Å². The Bertz CT molecular complexity index is 592. The van der Waals surface area contributed by atoms with Crippen LogP contribution in [0.5, 0.6) is 0 Å². The van der Waals surface area contributed by atoms with Crippen molar-refractivity contribution >= 4 is 17.7 Å². The number of amides is 1. The van der Waals surface area contributed by atoms with Gasteiger partial charge in [-0.25, -0.2) is 0 Å². The number of pyridine rings is 1. The lowest BCUT2D eigenvalue weighted by atomic mass is 10.2. The third kappa shape index (κ3) is 6.72. The summed E-state index contributed by atoms with van der Waals surface area (Å²) in [6.07, 6.45) is 3.18. The summed E-state index contributed by atoms with van der Waals surface area (Å²) in [5.74, 6) is 1.85. The summed E-state index contributed by atoms with van der Waals surface area (Å²) in [4.78, 5) is 18.7. The van der Waals surface area contributed by atoms with Crippen molar-refractivity contribution in [1.82, 2.24) is 9.88 Å². The third-order valence-corrected chi connectivity index (χ3v) is 4.63. The van der Waals surface area contributed by atoms with E-state index in [1.54, 1.807) is 18.0 Å². The number of hydrogen-bond donors (Lipinski definition) is 1. The van der Waals surface area contributed by atoms with Crippen molar-refractivity contribution in [3.8, 4) is 0 Å². The molecule has 0 bridgehead atoms. The summed E-state index contributed by atoms with van der Waals surface area (Å²) < 4.78 is 0. The number of nitrogens with two attached hydrogens (primary N) is 1. The van der Waals surface area contributed by atoms with Crippen molar-refractivity contribution in [1.29, 1.82) is 0 Å². The summed E-state index contributed by atoms with van der Waals surface area (Å²) in [5, 5.41) is 0. The van der Waals surface area contributed by atoms with E-state index in [0.29, 0.717) is 19.5 Å². The van der Waals surface area contributed by atoms with Gasteiger partial charge in [-0.05, 0) is 30.7 Å². The Morgan fingerprint density at radius 2 is 1.92 bits per heavy atom. The first kappa shape index (κ1) is 18.5. The molecule has 2 rings (SSSR count). The van der Waals surface area contributed by atoms with E-state index in [-0.39, 0.29) is 5.91 Å². The summed E-state index contributed by atoms with van der Waals surface area (Å²) in [6.45, 7) is 1.98. The molecule has 24 heavy (non-hydrogen) atoms. The lowest BCUT2D eigenvalue weighted by Crippen LogP contribution is -2.32. The molecule has 0 aliphatic carbocycles. The van der Waals surface area contributed by atoms with Crippen molar-refractivity contribution in [2.75, 3.05) is 18.8 Å². The second-order valence-electron chi connectivity index (χ2n) is 5.57. The number of thioether (sulfide) groups is 1. The van der Waals surface area contributed by atoms with Crippen molar-refractivity contribution in [2.45, 2.75) is 25.1 Å². The smallest absolute Gasteiger partial charge is 0.223 e. The monoisotopic (exact) mass is 343 g/mol. The van der Waals surface area contributed by atoms with Crippen LogP contribution in [0.1, 0.15) is 24.1 Å². The molecule has 128 valence electrons. The second kappa shape index (κ2) is 10.8. The van der Waals surface area contributed by atoms with Gasteiger partial charge in [0.15, 0.2) is 0 Å². The Balaban J connectivity index is 1.78. The highest BCUT2D eigenvalue weighted by Gasteiger charge is 2.13. The SMILES string of the molecule is NCCCN(Cc1ccccc1)C(=O)CCSCc1ccccn1. The van der Waals surface area contributed by atoms with Crippen LogP contribution in [0.2, 0.25) is 0 Å². The van der Waals surface area contributed by atoms with Gasteiger partial charge in [0.1, 0.15) is 0 Å². The van der Waals surface area contributed by atoms with E-state index in [4.69, 9.17) is 5.73 Å². The van der Waals surface area contributed by atoms with E-state index in [1.165, 1.54) is 0 Å². The fourth-order valence-corrected chi connectivity index (χ4v) is 3.20. The maximum atomic E-state index is 12.5. The van der Waals surface area contributed by atoms with Gasteiger partial charge in [-0.1, -0.05) is 36.4 Å². The van der Waals surface area contributed by atoms with Gasteiger partial charge in [-0.3, -0.25) is 9.78 Å².